The average Bonchev–Trinajstić information content (AvgIpc) is 2.70. The first-order valence-corrected chi connectivity index (χ1v) is 6.12. The van der Waals surface area contributed by atoms with Gasteiger partial charge in [0.05, 0.1) is 6.54 Å². The lowest BCUT2D eigenvalue weighted by atomic mass is 10.2. The van der Waals surface area contributed by atoms with E-state index in [1.54, 1.807) is 6.33 Å². The lowest BCUT2D eigenvalue weighted by Gasteiger charge is -2.33. The summed E-state index contributed by atoms with van der Waals surface area (Å²) in [4.78, 5) is 6.82. The maximum Gasteiger partial charge on any atom is 0.141 e. The van der Waals surface area contributed by atoms with Crippen molar-refractivity contribution in [3.63, 3.8) is 0 Å². The Morgan fingerprint density at radius 1 is 1.53 bits per heavy atom. The van der Waals surface area contributed by atoms with Gasteiger partial charge in [-0.15, -0.1) is 12.4 Å². The van der Waals surface area contributed by atoms with Crippen LogP contribution in [0.2, 0.25) is 0 Å². The van der Waals surface area contributed by atoms with Crippen LogP contribution >= 0.6 is 12.4 Å². The molecular formula is C11H22ClN5. The molecule has 98 valence electrons. The monoisotopic (exact) mass is 259 g/mol. The fourth-order valence-corrected chi connectivity index (χ4v) is 2.11. The van der Waals surface area contributed by atoms with Crippen LogP contribution < -0.4 is 5.32 Å². The van der Waals surface area contributed by atoms with Crippen LogP contribution in [0.15, 0.2) is 6.33 Å². The third-order valence-corrected chi connectivity index (χ3v) is 3.11. The minimum atomic E-state index is 0. The second kappa shape index (κ2) is 6.93. The van der Waals surface area contributed by atoms with Gasteiger partial charge in [-0.25, -0.2) is 9.67 Å². The predicted octanol–water partition coefficient (Wildman–Crippen LogP) is 0.904. The van der Waals surface area contributed by atoms with E-state index in [0.717, 1.165) is 45.0 Å². The number of nitrogens with one attached hydrogen (secondary N) is 1. The molecule has 17 heavy (non-hydrogen) atoms. The van der Waals surface area contributed by atoms with Crippen molar-refractivity contribution in [2.24, 2.45) is 0 Å². The van der Waals surface area contributed by atoms with Gasteiger partial charge in [0.2, 0.25) is 0 Å². The molecule has 1 fully saturated rings. The Kier molecular flexibility index (Phi) is 5.88. The normalized spacial score (nSPS) is 21.2. The lowest BCUT2D eigenvalue weighted by molar-refractivity contribution is 0.159. The summed E-state index contributed by atoms with van der Waals surface area (Å²) in [7, 11) is 0. The fourth-order valence-electron chi connectivity index (χ4n) is 2.11. The van der Waals surface area contributed by atoms with Crippen LogP contribution in [0.25, 0.3) is 0 Å². The first-order valence-electron chi connectivity index (χ1n) is 6.12. The SMILES string of the molecule is CCCn1ncnc1CN1CCNC[C@@H]1C.Cl. The van der Waals surface area contributed by atoms with Crippen molar-refractivity contribution in [2.75, 3.05) is 19.6 Å². The summed E-state index contributed by atoms with van der Waals surface area (Å²) >= 11 is 0. The third kappa shape index (κ3) is 3.66. The van der Waals surface area contributed by atoms with Crippen LogP contribution in [0.4, 0.5) is 0 Å². The highest BCUT2D eigenvalue weighted by atomic mass is 35.5. The highest BCUT2D eigenvalue weighted by Crippen LogP contribution is 2.08. The summed E-state index contributed by atoms with van der Waals surface area (Å²) in [5.41, 5.74) is 0. The molecule has 0 radical (unpaired) electrons. The highest BCUT2D eigenvalue weighted by molar-refractivity contribution is 5.85. The molecule has 0 amide bonds. The number of hydrogen-bond acceptors (Lipinski definition) is 4. The number of piperazine rings is 1. The molecular weight excluding hydrogens is 238 g/mol. The minimum absolute atomic E-state index is 0. The van der Waals surface area contributed by atoms with E-state index in [2.05, 4.69) is 34.1 Å². The molecule has 6 heteroatoms. The molecule has 1 saturated heterocycles. The zero-order valence-electron chi connectivity index (χ0n) is 10.6. The minimum Gasteiger partial charge on any atom is -0.314 e. The Balaban J connectivity index is 0.00000144. The van der Waals surface area contributed by atoms with E-state index in [0.29, 0.717) is 6.04 Å². The molecule has 5 nitrogen and oxygen atoms in total. The van der Waals surface area contributed by atoms with Crippen molar-refractivity contribution < 1.29 is 0 Å². The van der Waals surface area contributed by atoms with E-state index in [1.165, 1.54) is 0 Å². The smallest absolute Gasteiger partial charge is 0.141 e. The first kappa shape index (κ1) is 14.4. The predicted molar refractivity (Wildman–Crippen MR) is 70.3 cm³/mol. The summed E-state index contributed by atoms with van der Waals surface area (Å²) < 4.78 is 2.02. The van der Waals surface area contributed by atoms with Gasteiger partial charge in [0, 0.05) is 32.2 Å². The molecule has 0 saturated carbocycles. The Morgan fingerprint density at radius 2 is 2.35 bits per heavy atom. The standard InChI is InChI=1S/C11H21N5.ClH/c1-3-5-16-11(13-9-14-16)8-15-6-4-12-7-10(15)2;/h9-10,12H,3-8H2,1-2H3;1H/t10-;/m0./s1. The quantitative estimate of drug-likeness (QED) is 0.873. The molecule has 0 bridgehead atoms. The summed E-state index contributed by atoms with van der Waals surface area (Å²) in [6, 6.07) is 0.584. The number of rotatable bonds is 4. The summed E-state index contributed by atoms with van der Waals surface area (Å²) in [6.45, 7) is 9.55. The average molecular weight is 260 g/mol. The van der Waals surface area contributed by atoms with E-state index < -0.39 is 0 Å². The highest BCUT2D eigenvalue weighted by Gasteiger charge is 2.19. The molecule has 0 aliphatic carbocycles. The van der Waals surface area contributed by atoms with E-state index in [4.69, 9.17) is 0 Å². The molecule has 2 rings (SSSR count). The molecule has 1 aliphatic heterocycles. The number of aryl methyl sites for hydroxylation is 1. The largest absolute Gasteiger partial charge is 0.314 e. The van der Waals surface area contributed by atoms with Crippen molar-refractivity contribution >= 4 is 12.4 Å². The van der Waals surface area contributed by atoms with E-state index in [1.807, 2.05) is 4.68 Å². The van der Waals surface area contributed by atoms with Gasteiger partial charge in [-0.2, -0.15) is 5.10 Å². The zero-order valence-corrected chi connectivity index (χ0v) is 11.4. The van der Waals surface area contributed by atoms with Crippen LogP contribution in [-0.4, -0.2) is 45.3 Å². The van der Waals surface area contributed by atoms with Crippen LogP contribution in [0.5, 0.6) is 0 Å². The fraction of sp³-hybridized carbons (Fsp3) is 0.818. The lowest BCUT2D eigenvalue weighted by Crippen LogP contribution is -2.49. The van der Waals surface area contributed by atoms with Gasteiger partial charge in [0.25, 0.3) is 0 Å². The molecule has 1 N–H and O–H groups in total. The molecule has 1 atom stereocenters. The summed E-state index contributed by atoms with van der Waals surface area (Å²) in [5, 5.41) is 7.66. The van der Waals surface area contributed by atoms with Crippen molar-refractivity contribution in [3.8, 4) is 0 Å². The molecule has 2 heterocycles. The van der Waals surface area contributed by atoms with Crippen LogP contribution in [0.1, 0.15) is 26.1 Å². The van der Waals surface area contributed by atoms with Gasteiger partial charge in [-0.05, 0) is 13.3 Å². The van der Waals surface area contributed by atoms with Gasteiger partial charge in [0.1, 0.15) is 12.2 Å². The van der Waals surface area contributed by atoms with Crippen LogP contribution in [-0.2, 0) is 13.1 Å². The van der Waals surface area contributed by atoms with E-state index in [9.17, 15) is 0 Å². The summed E-state index contributed by atoms with van der Waals surface area (Å²) in [5.74, 6) is 1.09. The molecule has 1 aromatic heterocycles. The van der Waals surface area contributed by atoms with Crippen molar-refractivity contribution in [3.05, 3.63) is 12.2 Å². The maximum atomic E-state index is 4.35. The second-order valence-corrected chi connectivity index (χ2v) is 4.42. The van der Waals surface area contributed by atoms with Crippen LogP contribution in [0, 0.1) is 0 Å². The van der Waals surface area contributed by atoms with Gasteiger partial charge >= 0.3 is 0 Å². The van der Waals surface area contributed by atoms with E-state index >= 15 is 0 Å². The molecule has 1 aliphatic rings. The van der Waals surface area contributed by atoms with Crippen molar-refractivity contribution in [1.82, 2.24) is 25.0 Å². The number of hydrogen-bond donors (Lipinski definition) is 1. The van der Waals surface area contributed by atoms with Gasteiger partial charge in [0.15, 0.2) is 0 Å². The topological polar surface area (TPSA) is 46.0 Å². The first-order chi connectivity index (χ1) is 7.81. The van der Waals surface area contributed by atoms with Crippen LogP contribution in [0.3, 0.4) is 0 Å². The second-order valence-electron chi connectivity index (χ2n) is 4.42. The van der Waals surface area contributed by atoms with Crippen molar-refractivity contribution in [1.29, 1.82) is 0 Å². The Hall–Kier alpha value is -0.650. The third-order valence-electron chi connectivity index (χ3n) is 3.11. The maximum absolute atomic E-state index is 4.35. The van der Waals surface area contributed by atoms with E-state index in [-0.39, 0.29) is 12.4 Å². The molecule has 0 aromatic carbocycles. The Bertz CT molecular complexity index is 327. The Labute approximate surface area is 109 Å². The number of aromatic nitrogens is 3. The van der Waals surface area contributed by atoms with Gasteiger partial charge in [-0.1, -0.05) is 6.92 Å². The van der Waals surface area contributed by atoms with Crippen molar-refractivity contribution in [2.45, 2.75) is 39.4 Å². The molecule has 1 aromatic rings. The Morgan fingerprint density at radius 3 is 3.06 bits per heavy atom. The van der Waals surface area contributed by atoms with Gasteiger partial charge in [-0.3, -0.25) is 4.90 Å². The number of nitrogens with zero attached hydrogens (tertiary/aromatic N) is 4. The van der Waals surface area contributed by atoms with Gasteiger partial charge < -0.3 is 5.32 Å². The summed E-state index contributed by atoms with van der Waals surface area (Å²) in [6.07, 6.45) is 2.77. The molecule has 0 spiro atoms. The zero-order chi connectivity index (χ0) is 11.4. The number of halogens is 1. The molecule has 0 unspecified atom stereocenters.